The summed E-state index contributed by atoms with van der Waals surface area (Å²) in [5, 5.41) is 4.77. The molecule has 10 rings (SSSR count). The van der Waals surface area contributed by atoms with E-state index in [0.717, 1.165) is 50.5 Å². The van der Waals surface area contributed by atoms with Crippen molar-refractivity contribution in [1.29, 1.82) is 0 Å². The van der Waals surface area contributed by atoms with Gasteiger partial charge >= 0.3 is 0 Å². The molecule has 0 amide bonds. The van der Waals surface area contributed by atoms with Crippen LogP contribution in [0.4, 0.5) is 0 Å². The molecular formula is C46H30N4. The van der Waals surface area contributed by atoms with E-state index < -0.39 is 0 Å². The zero-order valence-corrected chi connectivity index (χ0v) is 27.1. The van der Waals surface area contributed by atoms with Crippen LogP contribution < -0.4 is 0 Å². The molecule has 3 heterocycles. The lowest BCUT2D eigenvalue weighted by atomic mass is 9.99. The minimum Gasteiger partial charge on any atom is -0.309 e. The maximum atomic E-state index is 5.38. The zero-order valence-electron chi connectivity index (χ0n) is 27.1. The van der Waals surface area contributed by atoms with Gasteiger partial charge in [-0.05, 0) is 48.5 Å². The first-order valence-electron chi connectivity index (χ1n) is 16.9. The molecule has 4 heteroatoms. The van der Waals surface area contributed by atoms with Crippen molar-refractivity contribution in [3.05, 3.63) is 182 Å². The molecule has 0 saturated carbocycles. The Balaban J connectivity index is 1.44. The van der Waals surface area contributed by atoms with Crippen LogP contribution in [0.3, 0.4) is 0 Å². The van der Waals surface area contributed by atoms with Crippen LogP contribution in [0.1, 0.15) is 0 Å². The molecule has 10 aromatic rings. The highest BCUT2D eigenvalue weighted by Crippen LogP contribution is 2.46. The number of benzene rings is 7. The second-order valence-corrected chi connectivity index (χ2v) is 12.6. The van der Waals surface area contributed by atoms with E-state index in [1.54, 1.807) is 0 Å². The monoisotopic (exact) mass is 638 g/mol. The van der Waals surface area contributed by atoms with E-state index in [9.17, 15) is 0 Å². The van der Waals surface area contributed by atoms with Gasteiger partial charge in [-0.25, -0.2) is 9.97 Å². The predicted molar refractivity (Wildman–Crippen MR) is 207 cm³/mol. The maximum absolute atomic E-state index is 5.38. The van der Waals surface area contributed by atoms with E-state index in [1.165, 1.54) is 32.6 Å². The summed E-state index contributed by atoms with van der Waals surface area (Å²) in [5.41, 5.74) is 11.7. The average Bonchev–Trinajstić information content (AvgIpc) is 3.72. The van der Waals surface area contributed by atoms with Gasteiger partial charge in [0.05, 0.1) is 33.5 Å². The molecule has 0 spiro atoms. The standard InChI is InChI=1S/C46H30N4/c1-5-17-31(18-6-1)39-30-40(48-46(47-39)32-19-7-2-8-20-32)38-29-37-35-25-13-15-27-41(35)49(33-21-9-3-10-22-33)44(37)43-36-26-14-16-28-42(36)50(45(38)43)34-23-11-4-12-24-34/h1-30H. The van der Waals surface area contributed by atoms with Crippen molar-refractivity contribution in [1.82, 2.24) is 19.1 Å². The summed E-state index contributed by atoms with van der Waals surface area (Å²) in [6, 6.07) is 64.1. The van der Waals surface area contributed by atoms with Gasteiger partial charge in [0.2, 0.25) is 0 Å². The number of hydrogen-bond donors (Lipinski definition) is 0. The molecule has 0 bridgehead atoms. The van der Waals surface area contributed by atoms with Gasteiger partial charge in [0.1, 0.15) is 0 Å². The molecule has 0 atom stereocenters. The molecule has 234 valence electrons. The summed E-state index contributed by atoms with van der Waals surface area (Å²) in [7, 11) is 0. The SMILES string of the molecule is c1ccc(-c2cc(-c3cc4c5ccccc5n(-c5ccccc5)c4c4c5ccccc5n(-c5ccccc5)c34)nc(-c3ccccc3)n2)cc1. The van der Waals surface area contributed by atoms with Gasteiger partial charge in [-0.2, -0.15) is 0 Å². The molecule has 0 aliphatic heterocycles. The summed E-state index contributed by atoms with van der Waals surface area (Å²) in [6.45, 7) is 0. The summed E-state index contributed by atoms with van der Waals surface area (Å²) in [4.78, 5) is 10.5. The van der Waals surface area contributed by atoms with Gasteiger partial charge in [-0.15, -0.1) is 0 Å². The fraction of sp³-hybridized carbons (Fsp3) is 0. The van der Waals surface area contributed by atoms with Gasteiger partial charge in [0.15, 0.2) is 5.82 Å². The Kier molecular flexibility index (Phi) is 6.46. The lowest BCUT2D eigenvalue weighted by molar-refractivity contribution is 1.16. The van der Waals surface area contributed by atoms with E-state index in [-0.39, 0.29) is 0 Å². The second-order valence-electron chi connectivity index (χ2n) is 12.6. The third-order valence-electron chi connectivity index (χ3n) is 9.70. The smallest absolute Gasteiger partial charge is 0.160 e. The Morgan fingerprint density at radius 2 is 0.840 bits per heavy atom. The number of nitrogens with zero attached hydrogens (tertiary/aromatic N) is 4. The molecule has 0 N–H and O–H groups in total. The van der Waals surface area contributed by atoms with Crippen LogP contribution in [0.5, 0.6) is 0 Å². The molecule has 0 saturated heterocycles. The molecule has 0 radical (unpaired) electrons. The van der Waals surface area contributed by atoms with Crippen LogP contribution in [0.2, 0.25) is 0 Å². The first-order chi connectivity index (χ1) is 24.8. The first-order valence-corrected chi connectivity index (χ1v) is 16.9. The van der Waals surface area contributed by atoms with Crippen molar-refractivity contribution in [3.8, 4) is 45.3 Å². The fourth-order valence-electron chi connectivity index (χ4n) is 7.55. The molecule has 0 fully saturated rings. The third-order valence-corrected chi connectivity index (χ3v) is 9.70. The number of rotatable bonds is 5. The molecule has 4 nitrogen and oxygen atoms in total. The highest BCUT2D eigenvalue weighted by molar-refractivity contribution is 6.29. The molecule has 50 heavy (non-hydrogen) atoms. The number of fused-ring (bicyclic) bond motifs is 7. The minimum atomic E-state index is 0.698. The van der Waals surface area contributed by atoms with Crippen LogP contribution in [0, 0.1) is 0 Å². The molecule has 0 aliphatic carbocycles. The third kappa shape index (κ3) is 4.39. The van der Waals surface area contributed by atoms with Crippen LogP contribution in [-0.2, 0) is 0 Å². The van der Waals surface area contributed by atoms with E-state index in [0.29, 0.717) is 5.82 Å². The van der Waals surface area contributed by atoms with E-state index in [2.05, 4.69) is 167 Å². The molecule has 7 aromatic carbocycles. The Labute approximate surface area is 289 Å². The number of hydrogen-bond acceptors (Lipinski definition) is 2. The molecular weight excluding hydrogens is 609 g/mol. The highest BCUT2D eigenvalue weighted by atomic mass is 15.0. The molecule has 0 aliphatic rings. The van der Waals surface area contributed by atoms with Gasteiger partial charge in [0.25, 0.3) is 0 Å². The Hall–Kier alpha value is -6.78. The zero-order chi connectivity index (χ0) is 33.0. The summed E-state index contributed by atoms with van der Waals surface area (Å²) < 4.78 is 4.85. The lowest BCUT2D eigenvalue weighted by Crippen LogP contribution is -2.00. The lowest BCUT2D eigenvalue weighted by Gasteiger charge is -2.15. The molecule has 0 unspecified atom stereocenters. The van der Waals surface area contributed by atoms with Crippen molar-refractivity contribution < 1.29 is 0 Å². The second kappa shape index (κ2) is 11.4. The average molecular weight is 639 g/mol. The summed E-state index contributed by atoms with van der Waals surface area (Å²) in [5.74, 6) is 0.698. The van der Waals surface area contributed by atoms with Crippen molar-refractivity contribution in [2.45, 2.75) is 0 Å². The number of aromatic nitrogens is 4. The molecule has 3 aromatic heterocycles. The van der Waals surface area contributed by atoms with Crippen LogP contribution in [0.25, 0.3) is 88.9 Å². The van der Waals surface area contributed by atoms with Crippen LogP contribution in [0.15, 0.2) is 182 Å². The van der Waals surface area contributed by atoms with Gasteiger partial charge in [-0.3, -0.25) is 0 Å². The van der Waals surface area contributed by atoms with Crippen molar-refractivity contribution in [2.75, 3.05) is 0 Å². The normalized spacial score (nSPS) is 11.6. The van der Waals surface area contributed by atoms with Crippen LogP contribution >= 0.6 is 0 Å². The van der Waals surface area contributed by atoms with Gasteiger partial charge in [-0.1, -0.05) is 133 Å². The predicted octanol–water partition coefficient (Wildman–Crippen LogP) is 11.7. The Bertz CT molecular complexity index is 2780. The fourth-order valence-corrected chi connectivity index (χ4v) is 7.55. The van der Waals surface area contributed by atoms with Gasteiger partial charge < -0.3 is 9.13 Å². The van der Waals surface area contributed by atoms with E-state index in [1.807, 2.05) is 24.3 Å². The summed E-state index contributed by atoms with van der Waals surface area (Å²) in [6.07, 6.45) is 0. The largest absolute Gasteiger partial charge is 0.309 e. The minimum absolute atomic E-state index is 0.698. The van der Waals surface area contributed by atoms with E-state index in [4.69, 9.17) is 9.97 Å². The number of para-hydroxylation sites is 4. The van der Waals surface area contributed by atoms with Crippen molar-refractivity contribution >= 4 is 43.6 Å². The Morgan fingerprint density at radius 3 is 1.48 bits per heavy atom. The van der Waals surface area contributed by atoms with Crippen LogP contribution in [-0.4, -0.2) is 19.1 Å². The van der Waals surface area contributed by atoms with Crippen molar-refractivity contribution in [3.63, 3.8) is 0 Å². The highest BCUT2D eigenvalue weighted by Gasteiger charge is 2.25. The van der Waals surface area contributed by atoms with Crippen molar-refractivity contribution in [2.24, 2.45) is 0 Å². The first kappa shape index (κ1) is 28.3. The Morgan fingerprint density at radius 1 is 0.360 bits per heavy atom. The quantitative estimate of drug-likeness (QED) is 0.188. The van der Waals surface area contributed by atoms with E-state index >= 15 is 0 Å². The summed E-state index contributed by atoms with van der Waals surface area (Å²) >= 11 is 0. The maximum Gasteiger partial charge on any atom is 0.160 e. The van der Waals surface area contributed by atoms with Gasteiger partial charge in [0, 0.05) is 49.6 Å². The topological polar surface area (TPSA) is 35.6 Å².